The van der Waals surface area contributed by atoms with E-state index in [1.165, 1.54) is 23.3 Å². The van der Waals surface area contributed by atoms with Gasteiger partial charge < -0.3 is 10.6 Å². The fourth-order valence-electron chi connectivity index (χ4n) is 3.31. The zero-order chi connectivity index (χ0) is 14.4. The van der Waals surface area contributed by atoms with Crippen molar-refractivity contribution in [1.82, 2.24) is 5.32 Å². The topological polar surface area (TPSA) is 41.1 Å². The van der Waals surface area contributed by atoms with Gasteiger partial charge in [0.1, 0.15) is 11.2 Å². The highest BCUT2D eigenvalue weighted by Crippen LogP contribution is 2.43. The maximum Gasteiger partial charge on any atom is 0.256 e. The summed E-state index contributed by atoms with van der Waals surface area (Å²) >= 11 is 3.47. The molecule has 2 aromatic rings. The van der Waals surface area contributed by atoms with Crippen molar-refractivity contribution in [2.75, 3.05) is 5.32 Å². The van der Waals surface area contributed by atoms with Crippen LogP contribution in [0.5, 0.6) is 0 Å². The maximum atomic E-state index is 12.5. The molecule has 2 aromatic heterocycles. The number of carbonyl (C=O) groups excluding carboxylic acids is 1. The highest BCUT2D eigenvalue weighted by atomic mass is 32.1. The Bertz CT molecular complexity index is 675. The molecule has 0 fully saturated rings. The van der Waals surface area contributed by atoms with Crippen LogP contribution in [0.1, 0.15) is 51.6 Å². The Morgan fingerprint density at radius 2 is 2.29 bits per heavy atom. The average Bonchev–Trinajstić information content (AvgIpc) is 3.13. The van der Waals surface area contributed by atoms with Crippen molar-refractivity contribution in [3.8, 4) is 0 Å². The molecule has 1 aliphatic heterocycles. The van der Waals surface area contributed by atoms with Crippen molar-refractivity contribution in [1.29, 1.82) is 0 Å². The molecule has 0 saturated carbocycles. The van der Waals surface area contributed by atoms with Crippen LogP contribution >= 0.6 is 22.7 Å². The van der Waals surface area contributed by atoms with E-state index in [0.29, 0.717) is 0 Å². The lowest BCUT2D eigenvalue weighted by Gasteiger charge is -2.26. The van der Waals surface area contributed by atoms with Gasteiger partial charge in [-0.25, -0.2) is 0 Å². The van der Waals surface area contributed by atoms with Gasteiger partial charge in [-0.15, -0.1) is 22.7 Å². The smallest absolute Gasteiger partial charge is 0.256 e. The molecule has 2 N–H and O–H groups in total. The molecule has 3 nitrogen and oxygen atoms in total. The lowest BCUT2D eigenvalue weighted by atomic mass is 9.85. The van der Waals surface area contributed by atoms with Crippen LogP contribution in [0.15, 0.2) is 17.5 Å². The minimum atomic E-state index is -0.0768. The van der Waals surface area contributed by atoms with Crippen LogP contribution in [0.25, 0.3) is 0 Å². The highest BCUT2D eigenvalue weighted by molar-refractivity contribution is 7.16. The summed E-state index contributed by atoms with van der Waals surface area (Å²) in [5.41, 5.74) is 2.21. The monoisotopic (exact) mass is 318 g/mol. The second-order valence-corrected chi connectivity index (χ2v) is 7.88. The van der Waals surface area contributed by atoms with Gasteiger partial charge in [0.05, 0.1) is 5.56 Å². The Labute approximate surface area is 132 Å². The Morgan fingerprint density at radius 1 is 1.38 bits per heavy atom. The molecule has 0 saturated heterocycles. The summed E-state index contributed by atoms with van der Waals surface area (Å²) in [6, 6.07) is 4.09. The zero-order valence-electron chi connectivity index (χ0n) is 11.9. The minimum absolute atomic E-state index is 0.0768. The standard InChI is InChI=1S/C16H18N2OS2/c1-2-9-5-6-10-12(8-9)21-16-13(10)15(19)17-14(18-16)11-4-3-7-20-11/h3-4,7,9,14,18H,2,5-6,8H2,1H3,(H,17,19)/t9-,14-/m1/s1. The van der Waals surface area contributed by atoms with Crippen LogP contribution in [0.3, 0.4) is 0 Å². The molecule has 3 heterocycles. The summed E-state index contributed by atoms with van der Waals surface area (Å²) in [6.07, 6.45) is 4.57. The molecule has 110 valence electrons. The van der Waals surface area contributed by atoms with Gasteiger partial charge in [0.2, 0.25) is 0 Å². The second kappa shape index (κ2) is 5.14. The van der Waals surface area contributed by atoms with Crippen LogP contribution in [0.2, 0.25) is 0 Å². The van der Waals surface area contributed by atoms with Crippen LogP contribution in [-0.4, -0.2) is 5.91 Å². The van der Waals surface area contributed by atoms with Crippen LogP contribution in [0, 0.1) is 5.92 Å². The first-order chi connectivity index (χ1) is 10.3. The lowest BCUT2D eigenvalue weighted by molar-refractivity contribution is 0.0935. The zero-order valence-corrected chi connectivity index (χ0v) is 13.6. The van der Waals surface area contributed by atoms with Gasteiger partial charge >= 0.3 is 0 Å². The number of nitrogens with one attached hydrogen (secondary N) is 2. The Morgan fingerprint density at radius 3 is 3.05 bits per heavy atom. The molecular formula is C16H18N2OS2. The van der Waals surface area contributed by atoms with E-state index in [0.717, 1.165) is 34.2 Å². The third kappa shape index (κ3) is 2.19. The number of rotatable bonds is 2. The molecule has 0 bridgehead atoms. The molecule has 2 atom stereocenters. The van der Waals surface area contributed by atoms with Crippen molar-refractivity contribution in [2.45, 2.75) is 38.8 Å². The predicted octanol–water partition coefficient (Wildman–Crippen LogP) is 4.18. The maximum absolute atomic E-state index is 12.5. The number of hydrogen-bond donors (Lipinski definition) is 2. The van der Waals surface area contributed by atoms with E-state index in [9.17, 15) is 4.79 Å². The summed E-state index contributed by atoms with van der Waals surface area (Å²) in [6.45, 7) is 2.26. The molecule has 5 heteroatoms. The van der Waals surface area contributed by atoms with E-state index < -0.39 is 0 Å². The van der Waals surface area contributed by atoms with Crippen molar-refractivity contribution >= 4 is 33.6 Å². The lowest BCUT2D eigenvalue weighted by Crippen LogP contribution is -2.37. The minimum Gasteiger partial charge on any atom is -0.352 e. The normalized spacial score (nSPS) is 24.0. The highest BCUT2D eigenvalue weighted by Gasteiger charge is 2.33. The van der Waals surface area contributed by atoms with Gasteiger partial charge in [0, 0.05) is 9.75 Å². The Balaban J connectivity index is 1.69. The average molecular weight is 318 g/mol. The van der Waals surface area contributed by atoms with Gasteiger partial charge in [-0.2, -0.15) is 0 Å². The van der Waals surface area contributed by atoms with Crippen molar-refractivity contribution in [2.24, 2.45) is 5.92 Å². The number of fused-ring (bicyclic) bond motifs is 3. The van der Waals surface area contributed by atoms with Gasteiger partial charge in [0.25, 0.3) is 5.91 Å². The van der Waals surface area contributed by atoms with Crippen LogP contribution < -0.4 is 10.6 Å². The summed E-state index contributed by atoms with van der Waals surface area (Å²) in [7, 11) is 0. The number of thiophene rings is 2. The SMILES string of the molecule is CC[C@@H]1CCc2c(sc3c2C(=O)N[C@@H](c2cccs2)N3)C1. The summed E-state index contributed by atoms with van der Waals surface area (Å²) in [4.78, 5) is 15.1. The van der Waals surface area contributed by atoms with Gasteiger partial charge in [0.15, 0.2) is 0 Å². The first kappa shape index (κ1) is 13.3. The second-order valence-electron chi connectivity index (χ2n) is 5.79. The number of amides is 1. The Kier molecular flexibility index (Phi) is 3.27. The van der Waals surface area contributed by atoms with E-state index in [1.54, 1.807) is 22.7 Å². The summed E-state index contributed by atoms with van der Waals surface area (Å²) < 4.78 is 0. The summed E-state index contributed by atoms with van der Waals surface area (Å²) in [5.74, 6) is 0.878. The van der Waals surface area contributed by atoms with E-state index in [4.69, 9.17) is 0 Å². The van der Waals surface area contributed by atoms with Gasteiger partial charge in [-0.1, -0.05) is 19.4 Å². The molecule has 0 radical (unpaired) electrons. The first-order valence-electron chi connectivity index (χ1n) is 7.51. The molecule has 0 aromatic carbocycles. The van der Waals surface area contributed by atoms with Crippen molar-refractivity contribution < 1.29 is 4.79 Å². The first-order valence-corrected chi connectivity index (χ1v) is 9.21. The fraction of sp³-hybridized carbons (Fsp3) is 0.438. The number of anilines is 1. The quantitative estimate of drug-likeness (QED) is 0.872. The Hall–Kier alpha value is -1.33. The molecule has 0 unspecified atom stereocenters. The van der Waals surface area contributed by atoms with E-state index in [1.807, 2.05) is 11.4 Å². The molecule has 21 heavy (non-hydrogen) atoms. The molecule has 1 amide bonds. The van der Waals surface area contributed by atoms with Crippen LogP contribution in [0.4, 0.5) is 5.00 Å². The molecule has 1 aliphatic carbocycles. The largest absolute Gasteiger partial charge is 0.352 e. The fourth-order valence-corrected chi connectivity index (χ4v) is 5.43. The van der Waals surface area contributed by atoms with E-state index in [2.05, 4.69) is 23.6 Å². The molecule has 0 spiro atoms. The van der Waals surface area contributed by atoms with Crippen LogP contribution in [-0.2, 0) is 12.8 Å². The molecular weight excluding hydrogens is 300 g/mol. The van der Waals surface area contributed by atoms with Gasteiger partial charge in [-0.05, 0) is 42.2 Å². The van der Waals surface area contributed by atoms with Crippen molar-refractivity contribution in [3.63, 3.8) is 0 Å². The van der Waals surface area contributed by atoms with E-state index >= 15 is 0 Å². The third-order valence-corrected chi connectivity index (χ3v) is 6.67. The number of hydrogen-bond acceptors (Lipinski definition) is 4. The summed E-state index contributed by atoms with van der Waals surface area (Å²) in [5, 5.41) is 9.73. The molecule has 4 rings (SSSR count). The predicted molar refractivity (Wildman–Crippen MR) is 88.3 cm³/mol. The van der Waals surface area contributed by atoms with Crippen molar-refractivity contribution in [3.05, 3.63) is 38.4 Å². The number of carbonyl (C=O) groups is 1. The van der Waals surface area contributed by atoms with E-state index in [-0.39, 0.29) is 12.1 Å². The van der Waals surface area contributed by atoms with Gasteiger partial charge in [-0.3, -0.25) is 4.79 Å². The third-order valence-electron chi connectivity index (χ3n) is 4.55. The molecule has 2 aliphatic rings.